The summed E-state index contributed by atoms with van der Waals surface area (Å²) in [6, 6.07) is 9.58. The first-order valence-electron chi connectivity index (χ1n) is 5.90. The predicted octanol–water partition coefficient (Wildman–Crippen LogP) is 2.65. The van der Waals surface area contributed by atoms with Gasteiger partial charge < -0.3 is 14.4 Å². The summed E-state index contributed by atoms with van der Waals surface area (Å²) in [7, 11) is 0. The van der Waals surface area contributed by atoms with E-state index in [1.54, 1.807) is 12.4 Å². The molecule has 1 aliphatic heterocycles. The topological polar surface area (TPSA) is 66.0 Å². The molecule has 1 N–H and O–H groups in total. The maximum absolute atomic E-state index is 11.0. The smallest absolute Gasteiger partial charge is 0.372 e. The van der Waals surface area contributed by atoms with Crippen LogP contribution in [0.25, 0.3) is 0 Å². The summed E-state index contributed by atoms with van der Waals surface area (Å²) >= 11 is 0. The molecule has 3 rings (SSSR count). The first kappa shape index (κ1) is 11.5. The molecule has 0 saturated carbocycles. The number of carboxylic acid groups (broad SMARTS) is 1. The molecule has 0 aliphatic carbocycles. The van der Waals surface area contributed by atoms with Crippen molar-refractivity contribution in [3.8, 4) is 0 Å². The Kier molecular flexibility index (Phi) is 2.79. The molecule has 0 spiro atoms. The SMILES string of the molecule is O=C(O)c1occc1CN1C=Nc2ccccc2C1. The van der Waals surface area contributed by atoms with E-state index in [0.717, 1.165) is 11.3 Å². The van der Waals surface area contributed by atoms with Gasteiger partial charge in [-0.3, -0.25) is 0 Å². The van der Waals surface area contributed by atoms with Gasteiger partial charge in [-0.15, -0.1) is 0 Å². The Morgan fingerprint density at radius 3 is 3.05 bits per heavy atom. The molecule has 0 fully saturated rings. The maximum atomic E-state index is 11.0. The van der Waals surface area contributed by atoms with Crippen molar-refractivity contribution in [1.82, 2.24) is 4.90 Å². The van der Waals surface area contributed by atoms with Crippen LogP contribution >= 0.6 is 0 Å². The van der Waals surface area contributed by atoms with Gasteiger partial charge in [0.25, 0.3) is 0 Å². The number of carboxylic acids is 1. The number of aliphatic imine (C=N–C) groups is 1. The van der Waals surface area contributed by atoms with Gasteiger partial charge in [0, 0.05) is 18.7 Å². The monoisotopic (exact) mass is 256 g/mol. The number of carbonyl (C=O) groups is 1. The molecule has 1 aliphatic rings. The van der Waals surface area contributed by atoms with E-state index in [-0.39, 0.29) is 5.76 Å². The van der Waals surface area contributed by atoms with E-state index in [1.165, 1.54) is 6.26 Å². The fraction of sp³-hybridized carbons (Fsp3) is 0.143. The predicted molar refractivity (Wildman–Crippen MR) is 69.5 cm³/mol. The summed E-state index contributed by atoms with van der Waals surface area (Å²) in [6.45, 7) is 1.18. The Labute approximate surface area is 109 Å². The summed E-state index contributed by atoms with van der Waals surface area (Å²) in [5.41, 5.74) is 2.74. The van der Waals surface area contributed by atoms with Gasteiger partial charge in [-0.25, -0.2) is 9.79 Å². The van der Waals surface area contributed by atoms with Gasteiger partial charge in [0.2, 0.25) is 5.76 Å². The minimum atomic E-state index is -1.05. The third-order valence-corrected chi connectivity index (χ3v) is 3.04. The number of para-hydroxylation sites is 1. The molecule has 0 unspecified atom stereocenters. The molecule has 19 heavy (non-hydrogen) atoms. The van der Waals surface area contributed by atoms with Crippen LogP contribution < -0.4 is 0 Å². The van der Waals surface area contributed by atoms with Gasteiger partial charge in [-0.05, 0) is 17.7 Å². The van der Waals surface area contributed by atoms with Crippen molar-refractivity contribution in [2.24, 2.45) is 4.99 Å². The van der Waals surface area contributed by atoms with Crippen molar-refractivity contribution in [2.45, 2.75) is 13.1 Å². The number of hydrogen-bond acceptors (Lipinski definition) is 4. The van der Waals surface area contributed by atoms with E-state index in [9.17, 15) is 4.79 Å². The fourth-order valence-electron chi connectivity index (χ4n) is 2.14. The minimum Gasteiger partial charge on any atom is -0.475 e. The molecule has 0 atom stereocenters. The third-order valence-electron chi connectivity index (χ3n) is 3.04. The first-order valence-corrected chi connectivity index (χ1v) is 5.90. The van der Waals surface area contributed by atoms with Crippen LogP contribution in [0.4, 0.5) is 5.69 Å². The second-order valence-corrected chi connectivity index (χ2v) is 4.36. The normalized spacial score (nSPS) is 13.4. The van der Waals surface area contributed by atoms with Crippen LogP contribution in [0.1, 0.15) is 21.7 Å². The zero-order valence-corrected chi connectivity index (χ0v) is 10.1. The molecule has 96 valence electrons. The van der Waals surface area contributed by atoms with Crippen LogP contribution in [0.5, 0.6) is 0 Å². The lowest BCUT2D eigenvalue weighted by Gasteiger charge is -2.23. The van der Waals surface area contributed by atoms with Gasteiger partial charge in [0.15, 0.2) is 0 Å². The average molecular weight is 256 g/mol. The number of rotatable bonds is 3. The van der Waals surface area contributed by atoms with Gasteiger partial charge >= 0.3 is 5.97 Å². The number of aromatic carboxylic acids is 1. The van der Waals surface area contributed by atoms with Crippen LogP contribution in [0.15, 0.2) is 46.0 Å². The second-order valence-electron chi connectivity index (χ2n) is 4.36. The van der Waals surface area contributed by atoms with Gasteiger partial charge in [-0.2, -0.15) is 0 Å². The van der Waals surface area contributed by atoms with Crippen molar-refractivity contribution in [3.05, 3.63) is 53.5 Å². The van der Waals surface area contributed by atoms with E-state index < -0.39 is 5.97 Å². The molecule has 1 aromatic carbocycles. The van der Waals surface area contributed by atoms with Crippen LogP contribution in [-0.2, 0) is 13.1 Å². The van der Waals surface area contributed by atoms with Crippen molar-refractivity contribution in [2.75, 3.05) is 0 Å². The molecule has 0 bridgehead atoms. The van der Waals surface area contributed by atoms with E-state index in [1.807, 2.05) is 29.2 Å². The van der Waals surface area contributed by atoms with E-state index >= 15 is 0 Å². The van der Waals surface area contributed by atoms with E-state index in [4.69, 9.17) is 9.52 Å². The zero-order chi connectivity index (χ0) is 13.2. The zero-order valence-electron chi connectivity index (χ0n) is 10.1. The van der Waals surface area contributed by atoms with Gasteiger partial charge in [-0.1, -0.05) is 18.2 Å². The molecule has 1 aromatic heterocycles. The number of nitrogens with zero attached hydrogens (tertiary/aromatic N) is 2. The Morgan fingerprint density at radius 2 is 2.21 bits per heavy atom. The molecule has 2 heterocycles. The summed E-state index contributed by atoms with van der Waals surface area (Å²) < 4.78 is 4.97. The lowest BCUT2D eigenvalue weighted by atomic mass is 10.1. The van der Waals surface area contributed by atoms with Gasteiger partial charge in [0.1, 0.15) is 0 Å². The van der Waals surface area contributed by atoms with Crippen LogP contribution in [0.3, 0.4) is 0 Å². The van der Waals surface area contributed by atoms with Gasteiger partial charge in [0.05, 0.1) is 18.3 Å². The molecule has 0 radical (unpaired) electrons. The highest BCUT2D eigenvalue weighted by molar-refractivity contribution is 5.86. The highest BCUT2D eigenvalue weighted by Gasteiger charge is 2.17. The number of furan rings is 1. The van der Waals surface area contributed by atoms with Crippen molar-refractivity contribution >= 4 is 18.0 Å². The first-order chi connectivity index (χ1) is 9.24. The molecular weight excluding hydrogens is 244 g/mol. The third kappa shape index (κ3) is 2.22. The van der Waals surface area contributed by atoms with Crippen molar-refractivity contribution in [3.63, 3.8) is 0 Å². The lowest BCUT2D eigenvalue weighted by molar-refractivity contribution is 0.0660. The van der Waals surface area contributed by atoms with E-state index in [2.05, 4.69) is 4.99 Å². The van der Waals surface area contributed by atoms with Crippen LogP contribution in [0.2, 0.25) is 0 Å². The fourth-order valence-corrected chi connectivity index (χ4v) is 2.14. The average Bonchev–Trinajstić information content (AvgIpc) is 2.87. The summed E-state index contributed by atoms with van der Waals surface area (Å²) in [4.78, 5) is 17.3. The van der Waals surface area contributed by atoms with Crippen LogP contribution in [-0.4, -0.2) is 22.3 Å². The molecule has 5 heteroatoms. The van der Waals surface area contributed by atoms with Crippen molar-refractivity contribution < 1.29 is 14.3 Å². The molecular formula is C14H12N2O3. The summed E-state index contributed by atoms with van der Waals surface area (Å²) in [5.74, 6) is -1.05. The highest BCUT2D eigenvalue weighted by atomic mass is 16.4. The largest absolute Gasteiger partial charge is 0.475 e. The number of hydrogen-bond donors (Lipinski definition) is 1. The second kappa shape index (κ2) is 4.61. The van der Waals surface area contributed by atoms with Crippen LogP contribution in [0, 0.1) is 0 Å². The number of fused-ring (bicyclic) bond motifs is 1. The Morgan fingerprint density at radius 1 is 1.37 bits per heavy atom. The lowest BCUT2D eigenvalue weighted by Crippen LogP contribution is -2.24. The Balaban J connectivity index is 1.80. The summed E-state index contributed by atoms with van der Waals surface area (Å²) in [5, 5.41) is 9.00. The molecule has 2 aromatic rings. The van der Waals surface area contributed by atoms with Crippen molar-refractivity contribution in [1.29, 1.82) is 0 Å². The molecule has 0 saturated heterocycles. The quantitative estimate of drug-likeness (QED) is 0.916. The summed E-state index contributed by atoms with van der Waals surface area (Å²) in [6.07, 6.45) is 3.13. The Bertz CT molecular complexity index is 646. The van der Waals surface area contributed by atoms with E-state index in [0.29, 0.717) is 18.7 Å². The Hall–Kier alpha value is -2.56. The number of benzene rings is 1. The molecule has 0 amide bonds. The standard InChI is InChI=1S/C14H12N2O3/c17-14(18)13-11(5-6-19-13)8-16-7-10-3-1-2-4-12(10)15-9-16/h1-6,9H,7-8H2,(H,17,18). The highest BCUT2D eigenvalue weighted by Crippen LogP contribution is 2.24. The molecule has 5 nitrogen and oxygen atoms in total. The maximum Gasteiger partial charge on any atom is 0.372 e. The minimum absolute atomic E-state index is 0.00717.